The lowest BCUT2D eigenvalue weighted by Gasteiger charge is -2.21. The predicted octanol–water partition coefficient (Wildman–Crippen LogP) is 0.592. The molecule has 1 aliphatic rings. The van der Waals surface area contributed by atoms with E-state index in [1.165, 1.54) is 12.8 Å². The molecular formula is C9H18N2O. The van der Waals surface area contributed by atoms with Gasteiger partial charge in [0.15, 0.2) is 0 Å². The van der Waals surface area contributed by atoms with Crippen molar-refractivity contribution in [2.45, 2.75) is 32.7 Å². The number of primary amides is 1. The van der Waals surface area contributed by atoms with Gasteiger partial charge >= 0.3 is 0 Å². The van der Waals surface area contributed by atoms with Gasteiger partial charge in [-0.25, -0.2) is 0 Å². The van der Waals surface area contributed by atoms with Crippen LogP contribution in [-0.4, -0.2) is 29.9 Å². The summed E-state index contributed by atoms with van der Waals surface area (Å²) in [7, 11) is 0. The van der Waals surface area contributed by atoms with Crippen LogP contribution in [0.25, 0.3) is 0 Å². The Morgan fingerprint density at radius 2 is 2.17 bits per heavy atom. The minimum Gasteiger partial charge on any atom is -0.369 e. The second kappa shape index (κ2) is 3.90. The maximum Gasteiger partial charge on any atom is 0.231 e. The van der Waals surface area contributed by atoms with E-state index in [1.807, 2.05) is 0 Å². The molecule has 0 aliphatic heterocycles. The van der Waals surface area contributed by atoms with E-state index >= 15 is 0 Å². The van der Waals surface area contributed by atoms with Crippen LogP contribution in [0.15, 0.2) is 0 Å². The van der Waals surface area contributed by atoms with Crippen LogP contribution in [0.2, 0.25) is 0 Å². The minimum absolute atomic E-state index is 0.206. The second-order valence-electron chi connectivity index (χ2n) is 4.02. The van der Waals surface area contributed by atoms with Crippen LogP contribution in [-0.2, 0) is 4.79 Å². The Balaban J connectivity index is 2.32. The Kier molecular flexibility index (Phi) is 3.09. The monoisotopic (exact) mass is 170 g/mol. The van der Waals surface area contributed by atoms with E-state index in [0.717, 1.165) is 6.54 Å². The van der Waals surface area contributed by atoms with Crippen LogP contribution >= 0.6 is 0 Å². The van der Waals surface area contributed by atoms with Crippen molar-refractivity contribution in [3.63, 3.8) is 0 Å². The summed E-state index contributed by atoms with van der Waals surface area (Å²) >= 11 is 0. The summed E-state index contributed by atoms with van der Waals surface area (Å²) in [6.45, 7) is 5.75. The highest BCUT2D eigenvalue weighted by Crippen LogP contribution is 2.26. The first-order valence-electron chi connectivity index (χ1n) is 4.62. The molecule has 1 fully saturated rings. The van der Waals surface area contributed by atoms with E-state index in [1.54, 1.807) is 0 Å². The molecule has 0 unspecified atom stereocenters. The molecule has 0 atom stereocenters. The van der Waals surface area contributed by atoms with Crippen LogP contribution in [0, 0.1) is 5.92 Å². The van der Waals surface area contributed by atoms with Gasteiger partial charge in [-0.2, -0.15) is 0 Å². The van der Waals surface area contributed by atoms with Crippen LogP contribution in [0.4, 0.5) is 0 Å². The van der Waals surface area contributed by atoms with Crippen LogP contribution in [0.3, 0.4) is 0 Å². The molecule has 1 amide bonds. The quantitative estimate of drug-likeness (QED) is 0.656. The SMILES string of the molecule is CC(C)CN(CC(N)=O)C1CC1. The molecule has 0 spiro atoms. The van der Waals surface area contributed by atoms with Crippen molar-refractivity contribution in [1.82, 2.24) is 4.90 Å². The molecule has 1 aliphatic carbocycles. The second-order valence-corrected chi connectivity index (χ2v) is 4.02. The van der Waals surface area contributed by atoms with E-state index in [2.05, 4.69) is 18.7 Å². The number of carbonyl (C=O) groups excluding carboxylic acids is 1. The molecule has 1 saturated carbocycles. The fourth-order valence-corrected chi connectivity index (χ4v) is 1.45. The molecule has 2 N–H and O–H groups in total. The lowest BCUT2D eigenvalue weighted by Crippen LogP contribution is -2.37. The fraction of sp³-hybridized carbons (Fsp3) is 0.889. The molecule has 0 radical (unpaired) electrons. The molecule has 0 aromatic carbocycles. The Bertz CT molecular complexity index is 164. The third kappa shape index (κ3) is 3.22. The molecule has 0 heterocycles. The van der Waals surface area contributed by atoms with Crippen LogP contribution in [0.1, 0.15) is 26.7 Å². The van der Waals surface area contributed by atoms with E-state index in [-0.39, 0.29) is 5.91 Å². The first-order chi connectivity index (χ1) is 5.59. The number of hydrogen-bond acceptors (Lipinski definition) is 2. The first kappa shape index (κ1) is 9.52. The molecular weight excluding hydrogens is 152 g/mol. The zero-order chi connectivity index (χ0) is 9.14. The highest BCUT2D eigenvalue weighted by atomic mass is 16.1. The predicted molar refractivity (Wildman–Crippen MR) is 48.6 cm³/mol. The number of hydrogen-bond donors (Lipinski definition) is 1. The van der Waals surface area contributed by atoms with Crippen molar-refractivity contribution in [3.05, 3.63) is 0 Å². The summed E-state index contributed by atoms with van der Waals surface area (Å²) in [5.74, 6) is 0.410. The smallest absolute Gasteiger partial charge is 0.231 e. The fourth-order valence-electron chi connectivity index (χ4n) is 1.45. The normalized spacial score (nSPS) is 17.3. The van der Waals surface area contributed by atoms with Gasteiger partial charge in [-0.1, -0.05) is 13.8 Å². The van der Waals surface area contributed by atoms with Gasteiger partial charge in [0.25, 0.3) is 0 Å². The van der Waals surface area contributed by atoms with Crippen molar-refractivity contribution in [2.24, 2.45) is 11.7 Å². The Morgan fingerprint density at radius 3 is 2.50 bits per heavy atom. The average molecular weight is 170 g/mol. The Labute approximate surface area is 73.9 Å². The van der Waals surface area contributed by atoms with Gasteiger partial charge in [0.2, 0.25) is 5.91 Å². The molecule has 3 nitrogen and oxygen atoms in total. The molecule has 3 heteroatoms. The van der Waals surface area contributed by atoms with E-state index < -0.39 is 0 Å². The number of rotatable bonds is 5. The van der Waals surface area contributed by atoms with Gasteiger partial charge in [0.05, 0.1) is 6.54 Å². The third-order valence-corrected chi connectivity index (χ3v) is 2.02. The van der Waals surface area contributed by atoms with Crippen molar-refractivity contribution < 1.29 is 4.79 Å². The van der Waals surface area contributed by atoms with Crippen molar-refractivity contribution >= 4 is 5.91 Å². The number of nitrogens with zero attached hydrogens (tertiary/aromatic N) is 1. The molecule has 12 heavy (non-hydrogen) atoms. The summed E-state index contributed by atoms with van der Waals surface area (Å²) in [5, 5.41) is 0. The highest BCUT2D eigenvalue weighted by Gasteiger charge is 2.29. The van der Waals surface area contributed by atoms with Crippen molar-refractivity contribution in [1.29, 1.82) is 0 Å². The van der Waals surface area contributed by atoms with Crippen LogP contribution in [0.5, 0.6) is 0 Å². The Morgan fingerprint density at radius 1 is 1.58 bits per heavy atom. The summed E-state index contributed by atoms with van der Waals surface area (Å²) < 4.78 is 0. The lowest BCUT2D eigenvalue weighted by atomic mass is 10.2. The molecule has 0 saturated heterocycles. The van der Waals surface area contributed by atoms with Gasteiger partial charge in [0, 0.05) is 12.6 Å². The molecule has 0 aromatic heterocycles. The summed E-state index contributed by atoms with van der Waals surface area (Å²) in [6, 6.07) is 0.639. The maximum atomic E-state index is 10.7. The van der Waals surface area contributed by atoms with E-state index in [9.17, 15) is 4.79 Å². The summed E-state index contributed by atoms with van der Waals surface area (Å²) in [6.07, 6.45) is 2.47. The number of nitrogens with two attached hydrogens (primary N) is 1. The van der Waals surface area contributed by atoms with Gasteiger partial charge in [-0.05, 0) is 18.8 Å². The minimum atomic E-state index is -0.206. The highest BCUT2D eigenvalue weighted by molar-refractivity contribution is 5.76. The van der Waals surface area contributed by atoms with Crippen molar-refractivity contribution in [3.8, 4) is 0 Å². The zero-order valence-electron chi connectivity index (χ0n) is 7.92. The standard InChI is InChI=1S/C9H18N2O/c1-7(2)5-11(6-9(10)12)8-3-4-8/h7-8H,3-6H2,1-2H3,(H2,10,12). The molecule has 70 valence electrons. The number of carbonyl (C=O) groups is 1. The Hall–Kier alpha value is -0.570. The maximum absolute atomic E-state index is 10.7. The largest absolute Gasteiger partial charge is 0.369 e. The molecule has 0 bridgehead atoms. The van der Waals surface area contributed by atoms with E-state index in [4.69, 9.17) is 5.73 Å². The summed E-state index contributed by atoms with van der Waals surface area (Å²) in [5.41, 5.74) is 5.15. The zero-order valence-corrected chi connectivity index (χ0v) is 7.92. The van der Waals surface area contributed by atoms with Crippen molar-refractivity contribution in [2.75, 3.05) is 13.1 Å². The van der Waals surface area contributed by atoms with Gasteiger partial charge in [-0.3, -0.25) is 9.69 Å². The summed E-state index contributed by atoms with van der Waals surface area (Å²) in [4.78, 5) is 12.9. The molecule has 1 rings (SSSR count). The van der Waals surface area contributed by atoms with Gasteiger partial charge < -0.3 is 5.73 Å². The van der Waals surface area contributed by atoms with E-state index in [0.29, 0.717) is 18.5 Å². The first-order valence-corrected chi connectivity index (χ1v) is 4.62. The topological polar surface area (TPSA) is 46.3 Å². The average Bonchev–Trinajstić information content (AvgIpc) is 2.63. The molecule has 0 aromatic rings. The van der Waals surface area contributed by atoms with Gasteiger partial charge in [0.1, 0.15) is 0 Å². The third-order valence-electron chi connectivity index (χ3n) is 2.02. The lowest BCUT2D eigenvalue weighted by molar-refractivity contribution is -0.119. The number of amides is 1. The van der Waals surface area contributed by atoms with Gasteiger partial charge in [-0.15, -0.1) is 0 Å². The van der Waals surface area contributed by atoms with Crippen LogP contribution < -0.4 is 5.73 Å².